The Morgan fingerprint density at radius 2 is 2.44 bits per heavy atom. The topological polar surface area (TPSA) is 96.2 Å². The van der Waals surface area contributed by atoms with Gasteiger partial charge < -0.3 is 15.7 Å². The Labute approximate surface area is 104 Å². The van der Waals surface area contributed by atoms with E-state index < -0.39 is 11.5 Å². The number of nitrogens with one attached hydrogen (secondary N) is 2. The zero-order valence-corrected chi connectivity index (χ0v) is 10.1. The van der Waals surface area contributed by atoms with Crippen molar-refractivity contribution in [3.63, 3.8) is 0 Å². The molecular formula is C11H16N4O3. The molecule has 0 spiro atoms. The molecule has 1 saturated heterocycles. The molecule has 0 radical (unpaired) electrons. The summed E-state index contributed by atoms with van der Waals surface area (Å²) in [5.41, 5.74) is -0.0364. The third-order valence-corrected chi connectivity index (χ3v) is 3.06. The maximum Gasteiger partial charge on any atom is 0.325 e. The van der Waals surface area contributed by atoms with Gasteiger partial charge in [0.1, 0.15) is 6.54 Å². The second-order valence-corrected chi connectivity index (χ2v) is 4.64. The van der Waals surface area contributed by atoms with Crippen molar-refractivity contribution in [3.05, 3.63) is 12.4 Å². The number of carbonyl (C=O) groups is 2. The van der Waals surface area contributed by atoms with Gasteiger partial charge in [-0.05, 0) is 26.3 Å². The Kier molecular flexibility index (Phi) is 3.33. The zero-order chi connectivity index (χ0) is 13.2. The van der Waals surface area contributed by atoms with Crippen LogP contribution in [0.3, 0.4) is 0 Å². The van der Waals surface area contributed by atoms with E-state index in [1.165, 1.54) is 17.1 Å². The van der Waals surface area contributed by atoms with Gasteiger partial charge >= 0.3 is 5.97 Å². The summed E-state index contributed by atoms with van der Waals surface area (Å²) >= 11 is 0. The van der Waals surface area contributed by atoms with Crippen molar-refractivity contribution in [2.24, 2.45) is 0 Å². The number of nitrogens with zero attached hydrogens (tertiary/aromatic N) is 2. The van der Waals surface area contributed by atoms with Crippen LogP contribution in [0.4, 0.5) is 5.69 Å². The summed E-state index contributed by atoms with van der Waals surface area (Å²) in [7, 11) is 0. The number of amides is 1. The number of carboxylic acid groups (broad SMARTS) is 1. The highest BCUT2D eigenvalue weighted by atomic mass is 16.4. The number of aliphatic carboxylic acids is 1. The molecule has 7 heteroatoms. The van der Waals surface area contributed by atoms with Crippen LogP contribution in [0.15, 0.2) is 12.4 Å². The van der Waals surface area contributed by atoms with Crippen LogP contribution in [-0.2, 0) is 16.1 Å². The molecule has 1 aliphatic heterocycles. The molecule has 3 N–H and O–H groups in total. The highest BCUT2D eigenvalue weighted by molar-refractivity contribution is 5.97. The van der Waals surface area contributed by atoms with Gasteiger partial charge in [0.15, 0.2) is 0 Å². The van der Waals surface area contributed by atoms with Crippen LogP contribution in [0, 0.1) is 0 Å². The van der Waals surface area contributed by atoms with Crippen LogP contribution in [0.2, 0.25) is 0 Å². The summed E-state index contributed by atoms with van der Waals surface area (Å²) in [4.78, 5) is 22.5. The van der Waals surface area contributed by atoms with E-state index >= 15 is 0 Å². The summed E-state index contributed by atoms with van der Waals surface area (Å²) in [5, 5.41) is 18.4. The van der Waals surface area contributed by atoms with Crippen LogP contribution >= 0.6 is 0 Å². The minimum absolute atomic E-state index is 0.116. The SMILES string of the molecule is CC1(C(=O)Nc2cnn(CC(=O)O)c2)CCCN1. The lowest BCUT2D eigenvalue weighted by Crippen LogP contribution is -2.47. The van der Waals surface area contributed by atoms with E-state index in [1.54, 1.807) is 0 Å². The molecule has 1 atom stereocenters. The minimum atomic E-state index is -0.972. The third-order valence-electron chi connectivity index (χ3n) is 3.06. The van der Waals surface area contributed by atoms with Gasteiger partial charge in [-0.3, -0.25) is 14.3 Å². The average molecular weight is 252 g/mol. The summed E-state index contributed by atoms with van der Waals surface area (Å²) in [6.07, 6.45) is 4.72. The number of carbonyl (C=O) groups excluding carboxylic acids is 1. The van der Waals surface area contributed by atoms with Crippen LogP contribution in [0.5, 0.6) is 0 Å². The first-order valence-electron chi connectivity index (χ1n) is 5.80. The molecule has 1 aliphatic rings. The van der Waals surface area contributed by atoms with E-state index in [0.29, 0.717) is 5.69 Å². The lowest BCUT2D eigenvalue weighted by Gasteiger charge is -2.22. The minimum Gasteiger partial charge on any atom is -0.480 e. The van der Waals surface area contributed by atoms with E-state index in [9.17, 15) is 9.59 Å². The molecule has 7 nitrogen and oxygen atoms in total. The van der Waals surface area contributed by atoms with Crippen LogP contribution < -0.4 is 10.6 Å². The van der Waals surface area contributed by atoms with Crippen LogP contribution in [-0.4, -0.2) is 38.8 Å². The second kappa shape index (κ2) is 4.77. The van der Waals surface area contributed by atoms with Gasteiger partial charge in [-0.15, -0.1) is 0 Å². The maximum atomic E-state index is 12.0. The monoisotopic (exact) mass is 252 g/mol. The fraction of sp³-hybridized carbons (Fsp3) is 0.545. The van der Waals surface area contributed by atoms with Crippen molar-refractivity contribution in [3.8, 4) is 0 Å². The lowest BCUT2D eigenvalue weighted by molar-refractivity contribution is -0.137. The van der Waals surface area contributed by atoms with Crippen molar-refractivity contribution < 1.29 is 14.7 Å². The molecule has 1 aromatic rings. The lowest BCUT2D eigenvalue weighted by atomic mass is 9.99. The quantitative estimate of drug-likeness (QED) is 0.703. The third kappa shape index (κ3) is 2.67. The molecule has 0 aromatic carbocycles. The van der Waals surface area contributed by atoms with E-state index in [4.69, 9.17) is 5.11 Å². The maximum absolute atomic E-state index is 12.0. The highest BCUT2D eigenvalue weighted by Gasteiger charge is 2.35. The predicted octanol–water partition coefficient (Wildman–Crippen LogP) is 0.0483. The van der Waals surface area contributed by atoms with E-state index in [0.717, 1.165) is 19.4 Å². The first-order valence-corrected chi connectivity index (χ1v) is 5.80. The van der Waals surface area contributed by atoms with E-state index in [2.05, 4.69) is 15.7 Å². The van der Waals surface area contributed by atoms with Gasteiger partial charge in [0.05, 0.1) is 17.4 Å². The fourth-order valence-corrected chi connectivity index (χ4v) is 2.01. The Morgan fingerprint density at radius 1 is 1.67 bits per heavy atom. The van der Waals surface area contributed by atoms with Gasteiger partial charge in [0.25, 0.3) is 0 Å². The predicted molar refractivity (Wildman–Crippen MR) is 64.1 cm³/mol. The number of aromatic nitrogens is 2. The van der Waals surface area contributed by atoms with E-state index in [1.807, 2.05) is 6.92 Å². The molecule has 98 valence electrons. The standard InChI is InChI=1S/C11H16N4O3/c1-11(3-2-4-12-11)10(18)14-8-5-13-15(6-8)7-9(16)17/h5-6,12H,2-4,7H2,1H3,(H,14,18)(H,16,17). The van der Waals surface area contributed by atoms with E-state index in [-0.39, 0.29) is 12.5 Å². The van der Waals surface area contributed by atoms with Crippen molar-refractivity contribution in [1.29, 1.82) is 0 Å². The molecule has 1 unspecified atom stereocenters. The Bertz CT molecular complexity index is 463. The molecular weight excluding hydrogens is 236 g/mol. The molecule has 18 heavy (non-hydrogen) atoms. The fourth-order valence-electron chi connectivity index (χ4n) is 2.01. The first kappa shape index (κ1) is 12.6. The van der Waals surface area contributed by atoms with Crippen LogP contribution in [0.1, 0.15) is 19.8 Å². The van der Waals surface area contributed by atoms with Gasteiger partial charge in [0, 0.05) is 6.20 Å². The molecule has 1 amide bonds. The van der Waals surface area contributed by atoms with Crippen molar-refractivity contribution >= 4 is 17.6 Å². The van der Waals surface area contributed by atoms with Crippen molar-refractivity contribution in [1.82, 2.24) is 15.1 Å². The number of rotatable bonds is 4. The summed E-state index contributed by atoms with van der Waals surface area (Å²) < 4.78 is 1.27. The molecule has 2 heterocycles. The van der Waals surface area contributed by atoms with Crippen molar-refractivity contribution in [2.45, 2.75) is 31.8 Å². The summed E-state index contributed by atoms with van der Waals surface area (Å²) in [6.45, 7) is 2.48. The Balaban J connectivity index is 1.99. The zero-order valence-electron chi connectivity index (χ0n) is 10.1. The highest BCUT2D eigenvalue weighted by Crippen LogP contribution is 2.20. The van der Waals surface area contributed by atoms with Crippen molar-refractivity contribution in [2.75, 3.05) is 11.9 Å². The van der Waals surface area contributed by atoms with Crippen LogP contribution in [0.25, 0.3) is 0 Å². The molecule has 1 fully saturated rings. The normalized spacial score (nSPS) is 22.9. The Hall–Kier alpha value is -1.89. The van der Waals surface area contributed by atoms with Gasteiger partial charge in [-0.2, -0.15) is 5.10 Å². The Morgan fingerprint density at radius 3 is 3.06 bits per heavy atom. The summed E-state index contributed by atoms with van der Waals surface area (Å²) in [6, 6.07) is 0. The van der Waals surface area contributed by atoms with Gasteiger partial charge in [-0.25, -0.2) is 0 Å². The number of hydrogen-bond donors (Lipinski definition) is 3. The van der Waals surface area contributed by atoms with Gasteiger partial charge in [-0.1, -0.05) is 0 Å². The molecule has 2 rings (SSSR count). The smallest absolute Gasteiger partial charge is 0.325 e. The molecule has 0 bridgehead atoms. The molecule has 0 aliphatic carbocycles. The molecule has 1 aromatic heterocycles. The first-order chi connectivity index (χ1) is 8.49. The number of hydrogen-bond acceptors (Lipinski definition) is 4. The number of carboxylic acids is 1. The molecule has 0 saturated carbocycles. The second-order valence-electron chi connectivity index (χ2n) is 4.64. The largest absolute Gasteiger partial charge is 0.480 e. The number of anilines is 1. The summed E-state index contributed by atoms with van der Waals surface area (Å²) in [5.74, 6) is -1.09. The average Bonchev–Trinajstić information content (AvgIpc) is 2.88. The van der Waals surface area contributed by atoms with Gasteiger partial charge in [0.2, 0.25) is 5.91 Å².